The fraction of sp³-hybridized carbons (Fsp3) is 0.227. The van der Waals surface area contributed by atoms with Gasteiger partial charge in [0.15, 0.2) is 0 Å². The first-order valence-electron chi connectivity index (χ1n) is 9.36. The number of ether oxygens (including phenoxy) is 2. The lowest BCUT2D eigenvalue weighted by atomic mass is 10.2. The van der Waals surface area contributed by atoms with Crippen LogP contribution < -0.4 is 9.64 Å². The van der Waals surface area contributed by atoms with Gasteiger partial charge in [-0.2, -0.15) is 10.2 Å². The van der Waals surface area contributed by atoms with Crippen LogP contribution in [0.25, 0.3) is 0 Å². The molecule has 2 heterocycles. The van der Waals surface area contributed by atoms with Crippen LogP contribution in [0.4, 0.5) is 5.95 Å². The summed E-state index contributed by atoms with van der Waals surface area (Å²) < 4.78 is 11.5. The van der Waals surface area contributed by atoms with Gasteiger partial charge in [-0.05, 0) is 29.8 Å². The zero-order valence-corrected chi connectivity index (χ0v) is 16.6. The third kappa shape index (κ3) is 5.05. The SMILES string of the molecule is N#Cc1ccc(Sc2cnc(N3CCOCC3)nc2OCc2ccccc2)cc1. The van der Waals surface area contributed by atoms with E-state index in [0.29, 0.717) is 37.2 Å². The summed E-state index contributed by atoms with van der Waals surface area (Å²) in [6.07, 6.45) is 1.81. The van der Waals surface area contributed by atoms with Crippen molar-refractivity contribution in [3.8, 4) is 11.9 Å². The van der Waals surface area contributed by atoms with Crippen LogP contribution in [0.2, 0.25) is 0 Å². The largest absolute Gasteiger partial charge is 0.472 e. The third-order valence-corrected chi connectivity index (χ3v) is 5.44. The molecule has 2 aromatic carbocycles. The molecule has 7 heteroatoms. The Morgan fingerprint density at radius 1 is 1.07 bits per heavy atom. The first kappa shape index (κ1) is 19.2. The average molecular weight is 404 g/mol. The molecule has 146 valence electrons. The molecule has 0 bridgehead atoms. The highest BCUT2D eigenvalue weighted by Crippen LogP contribution is 2.35. The molecule has 1 saturated heterocycles. The Morgan fingerprint density at radius 2 is 1.83 bits per heavy atom. The Morgan fingerprint density at radius 3 is 2.55 bits per heavy atom. The Hall–Kier alpha value is -3.08. The first-order chi connectivity index (χ1) is 14.3. The van der Waals surface area contributed by atoms with Crippen molar-refractivity contribution in [3.63, 3.8) is 0 Å². The van der Waals surface area contributed by atoms with Crippen molar-refractivity contribution in [2.75, 3.05) is 31.2 Å². The summed E-state index contributed by atoms with van der Waals surface area (Å²) in [6, 6.07) is 19.6. The van der Waals surface area contributed by atoms with E-state index < -0.39 is 0 Å². The van der Waals surface area contributed by atoms with E-state index in [-0.39, 0.29) is 0 Å². The smallest absolute Gasteiger partial charge is 0.232 e. The molecule has 0 radical (unpaired) electrons. The van der Waals surface area contributed by atoms with Crippen LogP contribution in [0.5, 0.6) is 5.88 Å². The second kappa shape index (κ2) is 9.41. The molecule has 1 aromatic heterocycles. The van der Waals surface area contributed by atoms with Crippen molar-refractivity contribution in [1.82, 2.24) is 9.97 Å². The highest BCUT2D eigenvalue weighted by atomic mass is 32.2. The quantitative estimate of drug-likeness (QED) is 0.617. The number of nitrogens with zero attached hydrogens (tertiary/aromatic N) is 4. The monoisotopic (exact) mass is 404 g/mol. The summed E-state index contributed by atoms with van der Waals surface area (Å²) in [6.45, 7) is 3.30. The van der Waals surface area contributed by atoms with Gasteiger partial charge >= 0.3 is 0 Å². The second-order valence-electron chi connectivity index (χ2n) is 6.45. The molecule has 1 aliphatic rings. The topological polar surface area (TPSA) is 71.3 Å². The predicted molar refractivity (Wildman–Crippen MR) is 111 cm³/mol. The van der Waals surface area contributed by atoms with Crippen molar-refractivity contribution in [1.29, 1.82) is 5.26 Å². The molecule has 29 heavy (non-hydrogen) atoms. The maximum absolute atomic E-state index is 8.98. The van der Waals surface area contributed by atoms with Gasteiger partial charge < -0.3 is 14.4 Å². The summed E-state index contributed by atoms with van der Waals surface area (Å²) in [5.74, 6) is 1.21. The van der Waals surface area contributed by atoms with E-state index in [1.54, 1.807) is 18.3 Å². The zero-order valence-electron chi connectivity index (χ0n) is 15.8. The van der Waals surface area contributed by atoms with Crippen LogP contribution >= 0.6 is 11.8 Å². The van der Waals surface area contributed by atoms with Gasteiger partial charge in [0.2, 0.25) is 11.8 Å². The molecule has 0 spiro atoms. The molecule has 0 saturated carbocycles. The molecule has 0 aliphatic carbocycles. The number of morpholine rings is 1. The fourth-order valence-corrected chi connectivity index (χ4v) is 3.71. The maximum atomic E-state index is 8.98. The van der Waals surface area contributed by atoms with E-state index >= 15 is 0 Å². The molecule has 1 aliphatic heterocycles. The van der Waals surface area contributed by atoms with Crippen LogP contribution in [0.15, 0.2) is 70.6 Å². The third-order valence-electron chi connectivity index (χ3n) is 4.43. The maximum Gasteiger partial charge on any atom is 0.232 e. The highest BCUT2D eigenvalue weighted by molar-refractivity contribution is 7.99. The van der Waals surface area contributed by atoms with Gasteiger partial charge in [-0.15, -0.1) is 0 Å². The molecule has 4 rings (SSSR count). The van der Waals surface area contributed by atoms with Crippen LogP contribution in [-0.4, -0.2) is 36.3 Å². The van der Waals surface area contributed by atoms with Gasteiger partial charge in [-0.1, -0.05) is 42.1 Å². The molecule has 3 aromatic rings. The number of nitriles is 1. The van der Waals surface area contributed by atoms with E-state index in [1.165, 1.54) is 11.8 Å². The van der Waals surface area contributed by atoms with Gasteiger partial charge in [0.05, 0.1) is 35.9 Å². The van der Waals surface area contributed by atoms with Crippen LogP contribution in [-0.2, 0) is 11.3 Å². The predicted octanol–water partition coefficient (Wildman–Crippen LogP) is 3.92. The lowest BCUT2D eigenvalue weighted by Crippen LogP contribution is -2.37. The fourth-order valence-electron chi connectivity index (χ4n) is 2.89. The minimum atomic E-state index is 0.432. The summed E-state index contributed by atoms with van der Waals surface area (Å²) >= 11 is 1.52. The Kier molecular flexibility index (Phi) is 6.25. The van der Waals surface area contributed by atoms with Crippen LogP contribution in [0, 0.1) is 11.3 Å². The van der Waals surface area contributed by atoms with Crippen molar-refractivity contribution >= 4 is 17.7 Å². The molecule has 0 amide bonds. The average Bonchev–Trinajstić information content (AvgIpc) is 2.80. The summed E-state index contributed by atoms with van der Waals surface area (Å²) in [5, 5.41) is 8.98. The van der Waals surface area contributed by atoms with E-state index in [4.69, 9.17) is 19.7 Å². The van der Waals surface area contributed by atoms with Gasteiger partial charge in [-0.25, -0.2) is 4.98 Å². The van der Waals surface area contributed by atoms with Crippen molar-refractivity contribution in [3.05, 3.63) is 71.9 Å². The van der Waals surface area contributed by atoms with E-state index in [9.17, 15) is 0 Å². The summed E-state index contributed by atoms with van der Waals surface area (Å²) in [7, 11) is 0. The van der Waals surface area contributed by atoms with Crippen LogP contribution in [0.1, 0.15) is 11.1 Å². The molecule has 0 atom stereocenters. The molecular weight excluding hydrogens is 384 g/mol. The van der Waals surface area contributed by atoms with E-state index in [2.05, 4.69) is 16.0 Å². The van der Waals surface area contributed by atoms with Gasteiger partial charge in [0.25, 0.3) is 0 Å². The standard InChI is InChI=1S/C22H20N4O2S/c23-14-17-6-8-19(9-7-17)29-20-15-24-22(26-10-12-27-13-11-26)25-21(20)28-16-18-4-2-1-3-5-18/h1-9,15H,10-13,16H2. The molecule has 0 N–H and O–H groups in total. The molecular formula is C22H20N4O2S. The van der Waals surface area contributed by atoms with E-state index in [1.807, 2.05) is 42.5 Å². The highest BCUT2D eigenvalue weighted by Gasteiger charge is 2.17. The first-order valence-corrected chi connectivity index (χ1v) is 10.2. The number of rotatable bonds is 6. The molecule has 6 nitrogen and oxygen atoms in total. The zero-order chi connectivity index (χ0) is 19.9. The number of aromatic nitrogens is 2. The lowest BCUT2D eigenvalue weighted by molar-refractivity contribution is 0.122. The Labute approximate surface area is 174 Å². The normalized spacial score (nSPS) is 13.7. The molecule has 1 fully saturated rings. The minimum absolute atomic E-state index is 0.432. The van der Waals surface area contributed by atoms with Crippen LogP contribution in [0.3, 0.4) is 0 Å². The number of hydrogen-bond acceptors (Lipinski definition) is 7. The number of benzene rings is 2. The Bertz CT molecular complexity index is 984. The van der Waals surface area contributed by atoms with Crippen molar-refractivity contribution in [2.24, 2.45) is 0 Å². The Balaban J connectivity index is 1.58. The van der Waals surface area contributed by atoms with Gasteiger partial charge in [-0.3, -0.25) is 0 Å². The second-order valence-corrected chi connectivity index (χ2v) is 7.57. The van der Waals surface area contributed by atoms with E-state index in [0.717, 1.165) is 28.4 Å². The van der Waals surface area contributed by atoms with Gasteiger partial charge in [0.1, 0.15) is 6.61 Å². The number of hydrogen-bond donors (Lipinski definition) is 0. The summed E-state index contributed by atoms with van der Waals surface area (Å²) in [4.78, 5) is 13.2. The number of anilines is 1. The van der Waals surface area contributed by atoms with Crippen molar-refractivity contribution in [2.45, 2.75) is 16.4 Å². The van der Waals surface area contributed by atoms with Crippen molar-refractivity contribution < 1.29 is 9.47 Å². The minimum Gasteiger partial charge on any atom is -0.472 e. The molecule has 0 unspecified atom stereocenters. The van der Waals surface area contributed by atoms with Gasteiger partial charge in [0, 0.05) is 18.0 Å². The summed E-state index contributed by atoms with van der Waals surface area (Å²) in [5.41, 5.74) is 1.71. The lowest BCUT2D eigenvalue weighted by Gasteiger charge is -2.27.